The monoisotopic (exact) mass is 630 g/mol. The summed E-state index contributed by atoms with van der Waals surface area (Å²) in [6.07, 6.45) is 0. The van der Waals surface area contributed by atoms with E-state index in [-0.39, 0.29) is 36.5 Å². The van der Waals surface area contributed by atoms with Crippen molar-refractivity contribution in [2.75, 3.05) is 13.6 Å². The second kappa shape index (κ2) is 11.1. The van der Waals surface area contributed by atoms with Gasteiger partial charge in [0.25, 0.3) is 5.92 Å². The largest absolute Gasteiger partial charge is 0.454 e. The molecule has 2 aliphatic heterocycles. The van der Waals surface area contributed by atoms with E-state index in [1.165, 1.54) is 0 Å². The van der Waals surface area contributed by atoms with E-state index in [4.69, 9.17) is 18.9 Å². The first kappa shape index (κ1) is 28.9. The molecule has 14 heteroatoms. The molecule has 0 spiro atoms. The molecule has 0 saturated heterocycles. The van der Waals surface area contributed by atoms with Crippen molar-refractivity contribution in [1.82, 2.24) is 9.44 Å². The molecular weight excluding hydrogens is 606 g/mol. The molecule has 0 atom stereocenters. The Hall–Kier alpha value is -4.24. The van der Waals surface area contributed by atoms with Crippen LogP contribution in [0, 0.1) is 0 Å². The van der Waals surface area contributed by atoms with Gasteiger partial charge in [0.15, 0.2) is 23.0 Å². The van der Waals surface area contributed by atoms with Gasteiger partial charge in [-0.3, -0.25) is 0 Å². The molecule has 2 N–H and O–H groups in total. The highest BCUT2D eigenvalue weighted by molar-refractivity contribution is 7.89. The Balaban J connectivity index is 1.10. The van der Waals surface area contributed by atoms with E-state index in [2.05, 4.69) is 9.44 Å². The number of hydrogen-bond donors (Lipinski definition) is 2. The molecule has 2 heterocycles. The molecule has 224 valence electrons. The molecule has 0 amide bonds. The molecule has 0 unspecified atom stereocenters. The Morgan fingerprint density at radius 2 is 0.930 bits per heavy atom. The topological polar surface area (TPSA) is 129 Å². The standard InChI is InChI=1S/C29H24F2N2O8S2/c30-29(31,21-3-7-23(8-4-21)42(34,35)32-15-19-1-11-25-27(13-19)40-17-38-25)22-5-9-24(10-6-22)43(36,37)33-16-20-2-12-26-28(14-20)41-18-39-26/h1-14,32-33H,15-18H2. The summed E-state index contributed by atoms with van der Waals surface area (Å²) in [7, 11) is -8.01. The van der Waals surface area contributed by atoms with Crippen LogP contribution < -0.4 is 28.4 Å². The van der Waals surface area contributed by atoms with Crippen LogP contribution >= 0.6 is 0 Å². The molecule has 6 rings (SSSR count). The molecule has 0 aliphatic carbocycles. The number of fused-ring (bicyclic) bond motifs is 2. The van der Waals surface area contributed by atoms with Gasteiger partial charge in [-0.15, -0.1) is 0 Å². The summed E-state index contributed by atoms with van der Waals surface area (Å²) in [6, 6.07) is 18.4. The van der Waals surface area contributed by atoms with Gasteiger partial charge < -0.3 is 18.9 Å². The first-order valence-electron chi connectivity index (χ1n) is 12.9. The lowest BCUT2D eigenvalue weighted by atomic mass is 10.0. The van der Waals surface area contributed by atoms with E-state index in [1.54, 1.807) is 36.4 Å². The maximum Gasteiger partial charge on any atom is 0.298 e. The fourth-order valence-electron chi connectivity index (χ4n) is 4.48. The van der Waals surface area contributed by atoms with E-state index in [1.807, 2.05) is 0 Å². The Morgan fingerprint density at radius 3 is 1.33 bits per heavy atom. The molecule has 0 bridgehead atoms. The summed E-state index contributed by atoms with van der Waals surface area (Å²) in [6.45, 7) is 0.0891. The van der Waals surface area contributed by atoms with Gasteiger partial charge in [0.05, 0.1) is 9.79 Å². The van der Waals surface area contributed by atoms with Crippen molar-refractivity contribution in [2.45, 2.75) is 28.8 Å². The van der Waals surface area contributed by atoms with Gasteiger partial charge in [0.1, 0.15) is 0 Å². The first-order valence-corrected chi connectivity index (χ1v) is 15.8. The highest BCUT2D eigenvalue weighted by Crippen LogP contribution is 2.37. The zero-order valence-corrected chi connectivity index (χ0v) is 23.9. The molecule has 43 heavy (non-hydrogen) atoms. The number of alkyl halides is 2. The fourth-order valence-corrected chi connectivity index (χ4v) is 6.51. The van der Waals surface area contributed by atoms with Crippen molar-refractivity contribution in [1.29, 1.82) is 0 Å². The lowest BCUT2D eigenvalue weighted by Gasteiger charge is -2.18. The van der Waals surface area contributed by atoms with Crippen molar-refractivity contribution in [3.63, 3.8) is 0 Å². The highest BCUT2D eigenvalue weighted by Gasteiger charge is 2.34. The lowest BCUT2D eigenvalue weighted by molar-refractivity contribution is 0.0427. The second-order valence-corrected chi connectivity index (χ2v) is 13.2. The number of hydrogen-bond acceptors (Lipinski definition) is 8. The first-order chi connectivity index (χ1) is 20.5. The summed E-state index contributed by atoms with van der Waals surface area (Å²) >= 11 is 0. The molecule has 2 aliphatic rings. The van der Waals surface area contributed by atoms with Crippen LogP contribution in [0.15, 0.2) is 94.7 Å². The maximum absolute atomic E-state index is 15.3. The molecule has 4 aromatic carbocycles. The number of halogens is 2. The van der Waals surface area contributed by atoms with Crippen molar-refractivity contribution in [3.8, 4) is 23.0 Å². The van der Waals surface area contributed by atoms with Crippen LogP contribution in [0.1, 0.15) is 22.3 Å². The Labute approximate surface area is 246 Å². The third-order valence-electron chi connectivity index (χ3n) is 6.86. The van der Waals surface area contributed by atoms with Crippen LogP contribution in [-0.2, 0) is 39.1 Å². The summed E-state index contributed by atoms with van der Waals surface area (Å²) < 4.78 is 108. The SMILES string of the molecule is O=S(=O)(NCc1ccc2c(c1)OCO2)c1ccc(C(F)(F)c2ccc(S(=O)(=O)NCc3ccc4c(c3)OCO4)cc2)cc1. The minimum Gasteiger partial charge on any atom is -0.454 e. The summed E-state index contributed by atoms with van der Waals surface area (Å²) in [5.74, 6) is -1.38. The average molecular weight is 631 g/mol. The molecule has 0 saturated carbocycles. The summed E-state index contributed by atoms with van der Waals surface area (Å²) in [5, 5.41) is 0. The number of rotatable bonds is 10. The van der Waals surface area contributed by atoms with Crippen molar-refractivity contribution in [3.05, 3.63) is 107 Å². The van der Waals surface area contributed by atoms with Crippen molar-refractivity contribution in [2.24, 2.45) is 0 Å². The van der Waals surface area contributed by atoms with E-state index >= 15 is 8.78 Å². The number of ether oxygens (including phenoxy) is 4. The zero-order valence-electron chi connectivity index (χ0n) is 22.2. The van der Waals surface area contributed by atoms with Gasteiger partial charge in [0, 0.05) is 24.2 Å². The van der Waals surface area contributed by atoms with E-state index < -0.39 is 37.1 Å². The van der Waals surface area contributed by atoms with Gasteiger partial charge in [-0.25, -0.2) is 26.3 Å². The Bertz CT molecular complexity index is 1750. The smallest absolute Gasteiger partial charge is 0.298 e. The quantitative estimate of drug-likeness (QED) is 0.266. The Morgan fingerprint density at radius 1 is 0.558 bits per heavy atom. The average Bonchev–Trinajstić information content (AvgIpc) is 3.68. The maximum atomic E-state index is 15.3. The second-order valence-electron chi connectivity index (χ2n) is 9.65. The van der Waals surface area contributed by atoms with Crippen molar-refractivity contribution < 1.29 is 44.6 Å². The van der Waals surface area contributed by atoms with Gasteiger partial charge in [-0.1, -0.05) is 36.4 Å². The zero-order chi connectivity index (χ0) is 30.2. The van der Waals surface area contributed by atoms with Gasteiger partial charge >= 0.3 is 0 Å². The van der Waals surface area contributed by atoms with Gasteiger partial charge in [0.2, 0.25) is 33.6 Å². The van der Waals surface area contributed by atoms with Gasteiger partial charge in [-0.05, 0) is 59.7 Å². The molecule has 0 radical (unpaired) electrons. The molecular formula is C29H24F2N2O8S2. The van der Waals surface area contributed by atoms with Crippen LogP contribution in [0.25, 0.3) is 0 Å². The minimum atomic E-state index is -4.00. The number of benzene rings is 4. The van der Waals surface area contributed by atoms with Crippen LogP contribution in [-0.4, -0.2) is 30.4 Å². The molecule has 4 aromatic rings. The molecule has 0 aromatic heterocycles. The van der Waals surface area contributed by atoms with E-state index in [9.17, 15) is 16.8 Å². The van der Waals surface area contributed by atoms with E-state index in [0.717, 1.165) is 48.5 Å². The highest BCUT2D eigenvalue weighted by atomic mass is 32.2. The normalized spacial score (nSPS) is 14.2. The number of sulfonamides is 2. The molecule has 10 nitrogen and oxygen atoms in total. The third-order valence-corrected chi connectivity index (χ3v) is 9.70. The predicted molar refractivity (Wildman–Crippen MR) is 149 cm³/mol. The van der Waals surface area contributed by atoms with Crippen molar-refractivity contribution >= 4 is 20.0 Å². The number of nitrogens with one attached hydrogen (secondary N) is 2. The molecule has 0 fully saturated rings. The van der Waals surface area contributed by atoms with Crippen LogP contribution in [0.5, 0.6) is 23.0 Å². The van der Waals surface area contributed by atoms with E-state index in [0.29, 0.717) is 34.1 Å². The minimum absolute atomic E-state index is 0.0440. The third kappa shape index (κ3) is 5.99. The summed E-state index contributed by atoms with van der Waals surface area (Å²) in [4.78, 5) is -0.384. The van der Waals surface area contributed by atoms with Crippen LogP contribution in [0.4, 0.5) is 8.78 Å². The Kier molecular flexibility index (Phi) is 7.46. The lowest BCUT2D eigenvalue weighted by Crippen LogP contribution is -2.24. The van der Waals surface area contributed by atoms with Crippen LogP contribution in [0.3, 0.4) is 0 Å². The summed E-state index contributed by atoms with van der Waals surface area (Å²) in [5.41, 5.74) is 0.340. The van der Waals surface area contributed by atoms with Gasteiger partial charge in [-0.2, -0.15) is 8.78 Å². The predicted octanol–water partition coefficient (Wildman–Crippen LogP) is 4.24. The van der Waals surface area contributed by atoms with Crippen LogP contribution in [0.2, 0.25) is 0 Å². The fraction of sp³-hybridized carbons (Fsp3) is 0.172.